The normalized spacial score (nSPS) is 13.8. The fourth-order valence-electron chi connectivity index (χ4n) is 3.28. The minimum absolute atomic E-state index is 0.101. The van der Waals surface area contributed by atoms with Crippen LogP contribution in [-0.2, 0) is 0 Å². The molecular weight excluding hydrogens is 326 g/mol. The van der Waals surface area contributed by atoms with Crippen LogP contribution in [0, 0.1) is 0 Å². The Labute approximate surface area is 156 Å². The van der Waals surface area contributed by atoms with E-state index < -0.39 is 0 Å². The molecule has 0 aromatic carbocycles. The molecule has 0 aliphatic heterocycles. The van der Waals surface area contributed by atoms with Crippen LogP contribution in [0.3, 0.4) is 0 Å². The van der Waals surface area contributed by atoms with Crippen LogP contribution in [0.15, 0.2) is 30.0 Å². The largest absolute Gasteiger partial charge is 0.352 e. The van der Waals surface area contributed by atoms with Crippen molar-refractivity contribution < 1.29 is 9.59 Å². The van der Waals surface area contributed by atoms with Gasteiger partial charge in [0.2, 0.25) is 0 Å². The van der Waals surface area contributed by atoms with Gasteiger partial charge in [0.1, 0.15) is 5.69 Å². The van der Waals surface area contributed by atoms with Crippen molar-refractivity contribution in [1.82, 2.24) is 15.2 Å². The summed E-state index contributed by atoms with van der Waals surface area (Å²) in [7, 11) is 0. The van der Waals surface area contributed by atoms with Gasteiger partial charge in [0.05, 0.1) is 0 Å². The average Bonchev–Trinajstić information content (AvgIpc) is 2.68. The van der Waals surface area contributed by atoms with Crippen LogP contribution < -0.4 is 5.32 Å². The number of carbonyl (C=O) groups is 2. The predicted molar refractivity (Wildman–Crippen MR) is 104 cm³/mol. The highest BCUT2D eigenvalue weighted by molar-refractivity contribution is 5.98. The molecule has 2 amide bonds. The minimum atomic E-state index is -0.143. The molecule has 2 rings (SSSR count). The molecule has 1 aliphatic rings. The molecule has 0 radical (unpaired) electrons. The molecule has 1 aromatic rings. The van der Waals surface area contributed by atoms with Crippen LogP contribution in [0.4, 0.5) is 0 Å². The van der Waals surface area contributed by atoms with Gasteiger partial charge >= 0.3 is 0 Å². The van der Waals surface area contributed by atoms with Crippen LogP contribution in [-0.4, -0.2) is 41.3 Å². The zero-order chi connectivity index (χ0) is 18.8. The van der Waals surface area contributed by atoms with Crippen LogP contribution in [0.2, 0.25) is 0 Å². The van der Waals surface area contributed by atoms with E-state index in [0.717, 1.165) is 32.1 Å². The van der Waals surface area contributed by atoms with Crippen molar-refractivity contribution in [3.05, 3.63) is 41.2 Å². The molecular formula is C21H31N3O2. The second kappa shape index (κ2) is 10.7. The van der Waals surface area contributed by atoms with E-state index in [2.05, 4.69) is 30.2 Å². The third-order valence-electron chi connectivity index (χ3n) is 4.63. The second-order valence-corrected chi connectivity index (χ2v) is 6.84. The summed E-state index contributed by atoms with van der Waals surface area (Å²) in [6, 6.07) is 3.27. The summed E-state index contributed by atoms with van der Waals surface area (Å²) >= 11 is 0. The van der Waals surface area contributed by atoms with Crippen molar-refractivity contribution in [2.45, 2.75) is 58.8 Å². The molecule has 0 fully saturated rings. The zero-order valence-electron chi connectivity index (χ0n) is 16.1. The maximum Gasteiger partial charge on any atom is 0.272 e. The topological polar surface area (TPSA) is 62.3 Å². The van der Waals surface area contributed by atoms with E-state index in [1.165, 1.54) is 18.4 Å². The van der Waals surface area contributed by atoms with Gasteiger partial charge in [0.25, 0.3) is 11.8 Å². The van der Waals surface area contributed by atoms with Crippen molar-refractivity contribution in [3.8, 4) is 0 Å². The summed E-state index contributed by atoms with van der Waals surface area (Å²) in [6.45, 7) is 6.15. The molecule has 1 N–H and O–H groups in total. The first kappa shape index (κ1) is 20.1. The molecule has 0 unspecified atom stereocenters. The molecule has 1 aromatic heterocycles. The zero-order valence-corrected chi connectivity index (χ0v) is 16.1. The number of hydrogen-bond donors (Lipinski definition) is 1. The van der Waals surface area contributed by atoms with Gasteiger partial charge in [-0.15, -0.1) is 0 Å². The molecule has 0 saturated carbocycles. The van der Waals surface area contributed by atoms with Crippen LogP contribution >= 0.6 is 0 Å². The standard InChI is InChI=1S/C21H31N3O2/c1-3-14-24(15-4-2)21(26)19-16-18(11-13-22-19)20(25)23-12-10-17-8-6-5-7-9-17/h8,11,13,16H,3-7,9-10,12,14-15H2,1-2H3,(H,23,25). The quantitative estimate of drug-likeness (QED) is 0.680. The predicted octanol–water partition coefficient (Wildman–Crippen LogP) is 3.96. The number of amides is 2. The van der Waals surface area contributed by atoms with E-state index >= 15 is 0 Å². The summed E-state index contributed by atoms with van der Waals surface area (Å²) < 4.78 is 0. The first-order chi connectivity index (χ1) is 12.7. The van der Waals surface area contributed by atoms with Gasteiger partial charge in [-0.3, -0.25) is 14.6 Å². The number of hydrogen-bond acceptors (Lipinski definition) is 3. The molecule has 26 heavy (non-hydrogen) atoms. The second-order valence-electron chi connectivity index (χ2n) is 6.84. The van der Waals surface area contributed by atoms with Crippen LogP contribution in [0.25, 0.3) is 0 Å². The van der Waals surface area contributed by atoms with Crippen molar-refractivity contribution in [3.63, 3.8) is 0 Å². The van der Waals surface area contributed by atoms with Crippen LogP contribution in [0.1, 0.15) is 79.6 Å². The highest BCUT2D eigenvalue weighted by atomic mass is 16.2. The molecule has 0 atom stereocenters. The minimum Gasteiger partial charge on any atom is -0.352 e. The van der Waals surface area contributed by atoms with Gasteiger partial charge in [0, 0.05) is 31.4 Å². The number of nitrogens with one attached hydrogen (secondary N) is 1. The SMILES string of the molecule is CCCN(CCC)C(=O)c1cc(C(=O)NCCC2=CCCCC2)ccn1. The molecule has 5 nitrogen and oxygen atoms in total. The maximum atomic E-state index is 12.6. The smallest absolute Gasteiger partial charge is 0.272 e. The summed E-state index contributed by atoms with van der Waals surface area (Å²) in [5, 5.41) is 2.96. The van der Waals surface area contributed by atoms with Gasteiger partial charge in [-0.2, -0.15) is 0 Å². The highest BCUT2D eigenvalue weighted by Gasteiger charge is 2.17. The van der Waals surface area contributed by atoms with Crippen molar-refractivity contribution in [2.24, 2.45) is 0 Å². The fourth-order valence-corrected chi connectivity index (χ4v) is 3.28. The Morgan fingerprint density at radius 2 is 1.96 bits per heavy atom. The number of pyridine rings is 1. The molecule has 5 heteroatoms. The molecule has 1 aliphatic carbocycles. The van der Waals surface area contributed by atoms with Crippen LogP contribution in [0.5, 0.6) is 0 Å². The lowest BCUT2D eigenvalue weighted by atomic mass is 9.97. The number of aromatic nitrogens is 1. The van der Waals surface area contributed by atoms with Crippen molar-refractivity contribution in [1.29, 1.82) is 0 Å². The number of allylic oxidation sites excluding steroid dienone is 1. The number of nitrogens with zero attached hydrogens (tertiary/aromatic N) is 2. The third kappa shape index (κ3) is 5.97. The van der Waals surface area contributed by atoms with E-state index in [4.69, 9.17) is 0 Å². The van der Waals surface area contributed by atoms with E-state index in [1.54, 1.807) is 23.2 Å². The average molecular weight is 357 g/mol. The first-order valence-electron chi connectivity index (χ1n) is 9.87. The van der Waals surface area contributed by atoms with Gasteiger partial charge in [-0.05, 0) is 57.1 Å². The summed E-state index contributed by atoms with van der Waals surface area (Å²) in [6.07, 6.45) is 11.4. The molecule has 0 bridgehead atoms. The number of rotatable bonds is 9. The Hall–Kier alpha value is -2.17. The van der Waals surface area contributed by atoms with E-state index in [9.17, 15) is 9.59 Å². The lowest BCUT2D eigenvalue weighted by molar-refractivity contribution is 0.0749. The summed E-state index contributed by atoms with van der Waals surface area (Å²) in [5.41, 5.74) is 2.28. The Kier molecular flexibility index (Phi) is 8.32. The van der Waals surface area contributed by atoms with Gasteiger partial charge in [0.15, 0.2) is 0 Å². The third-order valence-corrected chi connectivity index (χ3v) is 4.63. The number of carbonyl (C=O) groups excluding carboxylic acids is 2. The molecule has 0 saturated heterocycles. The van der Waals surface area contributed by atoms with E-state index in [-0.39, 0.29) is 11.8 Å². The van der Waals surface area contributed by atoms with E-state index in [0.29, 0.717) is 30.9 Å². The first-order valence-corrected chi connectivity index (χ1v) is 9.87. The Balaban J connectivity index is 1.95. The molecule has 142 valence electrons. The Morgan fingerprint density at radius 3 is 2.62 bits per heavy atom. The van der Waals surface area contributed by atoms with E-state index in [1.807, 2.05) is 0 Å². The molecule has 1 heterocycles. The van der Waals surface area contributed by atoms with Gasteiger partial charge < -0.3 is 10.2 Å². The molecule has 0 spiro atoms. The van der Waals surface area contributed by atoms with Gasteiger partial charge in [-0.25, -0.2) is 0 Å². The summed E-state index contributed by atoms with van der Waals surface area (Å²) in [4.78, 5) is 31.0. The van der Waals surface area contributed by atoms with Gasteiger partial charge in [-0.1, -0.05) is 25.5 Å². The lowest BCUT2D eigenvalue weighted by Gasteiger charge is -2.21. The highest BCUT2D eigenvalue weighted by Crippen LogP contribution is 2.19. The van der Waals surface area contributed by atoms with Crippen molar-refractivity contribution >= 4 is 11.8 Å². The monoisotopic (exact) mass is 357 g/mol. The lowest BCUT2D eigenvalue weighted by Crippen LogP contribution is -2.33. The Bertz CT molecular complexity index is 634. The van der Waals surface area contributed by atoms with Crippen molar-refractivity contribution in [2.75, 3.05) is 19.6 Å². The maximum absolute atomic E-state index is 12.6. The Morgan fingerprint density at radius 1 is 1.19 bits per heavy atom. The fraction of sp³-hybridized carbons (Fsp3) is 0.571. The summed E-state index contributed by atoms with van der Waals surface area (Å²) in [5.74, 6) is -0.244.